The highest BCUT2D eigenvalue weighted by atomic mass is 16.4. The maximum atomic E-state index is 9.59. The number of nitrogens with zero attached hydrogens (tertiary/aromatic N) is 2. The summed E-state index contributed by atoms with van der Waals surface area (Å²) in [4.78, 5) is 4.23. The lowest BCUT2D eigenvalue weighted by Crippen LogP contribution is -1.80. The molecule has 0 radical (unpaired) electrons. The molecule has 4 heterocycles. The van der Waals surface area contributed by atoms with Crippen LogP contribution in [0.25, 0.3) is 22.8 Å². The molecule has 6 heteroatoms. The molecule has 4 aromatic heterocycles. The van der Waals surface area contributed by atoms with Crippen LogP contribution in [0.5, 0.6) is 0 Å². The number of nitriles is 1. The van der Waals surface area contributed by atoms with E-state index in [1.807, 2.05) is 0 Å². The van der Waals surface area contributed by atoms with Crippen LogP contribution >= 0.6 is 0 Å². The maximum Gasteiger partial charge on any atom is 0.238 e. The van der Waals surface area contributed by atoms with E-state index in [-0.39, 0.29) is 11.4 Å². The minimum absolute atomic E-state index is 0.159. The van der Waals surface area contributed by atoms with Crippen molar-refractivity contribution in [2.45, 2.75) is 0 Å². The Labute approximate surface area is 136 Å². The van der Waals surface area contributed by atoms with E-state index in [2.05, 4.69) is 11.1 Å². The highest BCUT2D eigenvalue weighted by molar-refractivity contribution is 5.86. The lowest BCUT2D eigenvalue weighted by atomic mass is 10.1. The third kappa shape index (κ3) is 2.34. The average Bonchev–Trinajstić information content (AvgIpc) is 3.40. The summed E-state index contributed by atoms with van der Waals surface area (Å²) in [7, 11) is 0. The lowest BCUT2D eigenvalue weighted by molar-refractivity contribution is 0.527. The summed E-state index contributed by atoms with van der Waals surface area (Å²) in [6, 6.07) is 12.6. The Morgan fingerprint density at radius 2 is 1.62 bits per heavy atom. The Kier molecular flexibility index (Phi) is 3.37. The molecule has 0 spiro atoms. The smallest absolute Gasteiger partial charge is 0.238 e. The molecule has 0 fully saturated rings. The van der Waals surface area contributed by atoms with Gasteiger partial charge in [0.05, 0.1) is 30.6 Å². The van der Waals surface area contributed by atoms with E-state index in [9.17, 15) is 5.26 Å². The molecule has 0 saturated carbocycles. The van der Waals surface area contributed by atoms with Gasteiger partial charge >= 0.3 is 0 Å². The molecule has 0 aliphatic carbocycles. The summed E-state index contributed by atoms with van der Waals surface area (Å²) < 4.78 is 21.8. The lowest BCUT2D eigenvalue weighted by Gasteiger charge is -1.96. The van der Waals surface area contributed by atoms with Crippen LogP contribution in [0, 0.1) is 11.3 Å². The first kappa shape index (κ1) is 13.9. The predicted octanol–water partition coefficient (Wildman–Crippen LogP) is 5.01. The van der Waals surface area contributed by atoms with Crippen molar-refractivity contribution in [2.75, 3.05) is 0 Å². The van der Waals surface area contributed by atoms with Crippen molar-refractivity contribution < 1.29 is 17.7 Å². The monoisotopic (exact) mass is 318 g/mol. The number of aliphatic imine (C=N–C) groups is 1. The highest BCUT2D eigenvalue weighted by Crippen LogP contribution is 2.42. The SMILES string of the molecule is N#Cc1c(N=Cc2ccco2)oc(-c2ccco2)c1-c1ccco1. The van der Waals surface area contributed by atoms with E-state index in [4.69, 9.17) is 17.7 Å². The third-order valence-electron chi connectivity index (χ3n) is 3.37. The molecule has 0 atom stereocenters. The summed E-state index contributed by atoms with van der Waals surface area (Å²) in [5.41, 5.74) is 0.767. The first-order valence-electron chi connectivity index (χ1n) is 7.09. The third-order valence-corrected chi connectivity index (χ3v) is 3.37. The fraction of sp³-hybridized carbons (Fsp3) is 0. The Morgan fingerprint density at radius 1 is 0.917 bits per heavy atom. The van der Waals surface area contributed by atoms with Crippen molar-refractivity contribution in [2.24, 2.45) is 4.99 Å². The second kappa shape index (κ2) is 5.82. The first-order valence-corrected chi connectivity index (χ1v) is 7.09. The second-order valence-electron chi connectivity index (χ2n) is 4.83. The topological polar surface area (TPSA) is 88.7 Å². The summed E-state index contributed by atoms with van der Waals surface area (Å²) in [6.07, 6.45) is 6.08. The first-order chi connectivity index (χ1) is 11.9. The number of hydrogen-bond acceptors (Lipinski definition) is 6. The van der Waals surface area contributed by atoms with Crippen LogP contribution in [0.2, 0.25) is 0 Å². The van der Waals surface area contributed by atoms with Gasteiger partial charge in [-0.1, -0.05) is 0 Å². The van der Waals surface area contributed by atoms with Crippen molar-refractivity contribution >= 4 is 12.1 Å². The summed E-state index contributed by atoms with van der Waals surface area (Å²) in [6.45, 7) is 0. The fourth-order valence-electron chi connectivity index (χ4n) is 2.34. The zero-order valence-corrected chi connectivity index (χ0v) is 12.3. The van der Waals surface area contributed by atoms with Crippen molar-refractivity contribution in [1.29, 1.82) is 5.26 Å². The van der Waals surface area contributed by atoms with Crippen molar-refractivity contribution in [1.82, 2.24) is 0 Å². The summed E-state index contributed by atoms with van der Waals surface area (Å²) in [5.74, 6) is 2.08. The van der Waals surface area contributed by atoms with Crippen LogP contribution in [0.4, 0.5) is 5.88 Å². The van der Waals surface area contributed by atoms with Gasteiger partial charge in [0, 0.05) is 0 Å². The van der Waals surface area contributed by atoms with Crippen molar-refractivity contribution in [3.05, 3.63) is 66.5 Å². The van der Waals surface area contributed by atoms with Gasteiger partial charge < -0.3 is 17.7 Å². The average molecular weight is 318 g/mol. The standard InChI is InChI=1S/C18H10N2O4/c19-10-13-16(14-5-2-8-22-14)17(15-6-3-9-23-15)24-18(13)20-11-12-4-1-7-21-12/h1-9,11H. The Balaban J connectivity index is 1.89. The van der Waals surface area contributed by atoms with Gasteiger partial charge in [-0.15, -0.1) is 0 Å². The molecule has 0 aliphatic heterocycles. The van der Waals surface area contributed by atoms with Gasteiger partial charge in [0.25, 0.3) is 0 Å². The van der Waals surface area contributed by atoms with E-state index in [1.54, 1.807) is 36.4 Å². The van der Waals surface area contributed by atoms with Gasteiger partial charge in [-0.05, 0) is 36.4 Å². The van der Waals surface area contributed by atoms with E-state index in [0.29, 0.717) is 28.6 Å². The number of rotatable bonds is 4. The second-order valence-corrected chi connectivity index (χ2v) is 4.83. The van der Waals surface area contributed by atoms with Crippen LogP contribution in [-0.4, -0.2) is 6.21 Å². The van der Waals surface area contributed by atoms with Crippen LogP contribution in [0.1, 0.15) is 11.3 Å². The molecule has 4 rings (SSSR count). The van der Waals surface area contributed by atoms with Crippen LogP contribution in [0.3, 0.4) is 0 Å². The fourth-order valence-corrected chi connectivity index (χ4v) is 2.34. The van der Waals surface area contributed by atoms with Gasteiger partial charge in [-0.3, -0.25) is 0 Å². The Hall–Kier alpha value is -3.72. The molecule has 116 valence electrons. The van der Waals surface area contributed by atoms with Crippen molar-refractivity contribution in [3.8, 4) is 28.9 Å². The van der Waals surface area contributed by atoms with Crippen LogP contribution in [-0.2, 0) is 0 Å². The predicted molar refractivity (Wildman–Crippen MR) is 84.8 cm³/mol. The van der Waals surface area contributed by atoms with Gasteiger partial charge in [0.15, 0.2) is 11.5 Å². The molecule has 0 saturated heterocycles. The van der Waals surface area contributed by atoms with E-state index in [0.717, 1.165) is 0 Å². The van der Waals surface area contributed by atoms with Gasteiger partial charge in [-0.25, -0.2) is 4.99 Å². The Bertz CT molecular complexity index is 998. The molecule has 0 unspecified atom stereocenters. The maximum absolute atomic E-state index is 9.59. The molecule has 6 nitrogen and oxygen atoms in total. The number of furan rings is 4. The molecule has 0 bridgehead atoms. The molecule has 4 aromatic rings. The van der Waals surface area contributed by atoms with Gasteiger partial charge in [0.2, 0.25) is 5.88 Å². The number of hydrogen-bond donors (Lipinski definition) is 0. The van der Waals surface area contributed by atoms with Gasteiger partial charge in [-0.2, -0.15) is 5.26 Å². The molecule has 24 heavy (non-hydrogen) atoms. The zero-order valence-electron chi connectivity index (χ0n) is 12.3. The summed E-state index contributed by atoms with van der Waals surface area (Å²) in [5, 5.41) is 9.59. The zero-order chi connectivity index (χ0) is 16.4. The van der Waals surface area contributed by atoms with E-state index in [1.165, 1.54) is 25.0 Å². The van der Waals surface area contributed by atoms with E-state index < -0.39 is 0 Å². The molecule has 0 aliphatic rings. The molecular formula is C18H10N2O4. The summed E-state index contributed by atoms with van der Waals surface area (Å²) >= 11 is 0. The normalized spacial score (nSPS) is 11.1. The quantitative estimate of drug-likeness (QED) is 0.493. The van der Waals surface area contributed by atoms with Crippen LogP contribution in [0.15, 0.2) is 77.8 Å². The minimum Gasteiger partial charge on any atom is -0.464 e. The highest BCUT2D eigenvalue weighted by Gasteiger charge is 2.25. The van der Waals surface area contributed by atoms with E-state index >= 15 is 0 Å². The largest absolute Gasteiger partial charge is 0.464 e. The molecule has 0 amide bonds. The molecule has 0 N–H and O–H groups in total. The molecule has 0 aromatic carbocycles. The minimum atomic E-state index is 0.159. The van der Waals surface area contributed by atoms with Gasteiger partial charge in [0.1, 0.15) is 23.2 Å². The molecular weight excluding hydrogens is 308 g/mol. The van der Waals surface area contributed by atoms with Crippen molar-refractivity contribution in [3.63, 3.8) is 0 Å². The Morgan fingerprint density at radius 3 is 2.25 bits per heavy atom. The van der Waals surface area contributed by atoms with Crippen LogP contribution < -0.4 is 0 Å².